The Balaban J connectivity index is 2.64. The van der Waals surface area contributed by atoms with Crippen LogP contribution < -0.4 is 0 Å². The van der Waals surface area contributed by atoms with Crippen molar-refractivity contribution >= 4 is 17.4 Å². The fourth-order valence-electron chi connectivity index (χ4n) is 0.970. The van der Waals surface area contributed by atoms with Gasteiger partial charge in [0.2, 0.25) is 0 Å². The number of ether oxygens (including phenoxy) is 1. The highest BCUT2D eigenvalue weighted by molar-refractivity contribution is 7.80. The van der Waals surface area contributed by atoms with Crippen LogP contribution in [0, 0.1) is 0 Å². The van der Waals surface area contributed by atoms with Gasteiger partial charge in [0.1, 0.15) is 5.60 Å². The number of hydrogen-bond donors (Lipinski definition) is 1. The average molecular weight is 161 g/mol. The van der Waals surface area contributed by atoms with E-state index in [0.29, 0.717) is 11.7 Å². The number of rotatable bonds is 1. The highest BCUT2D eigenvalue weighted by atomic mass is 32.1. The monoisotopic (exact) mass is 161 g/mol. The largest absolute Gasteiger partial charge is 0.460 e. The molecule has 1 atom stereocenters. The molecular formula is C6H11NO2S. The zero-order valence-corrected chi connectivity index (χ0v) is 6.94. The maximum Gasteiger partial charge on any atom is 0.259 e. The summed E-state index contributed by atoms with van der Waals surface area (Å²) in [7, 11) is 1.85. The van der Waals surface area contributed by atoms with Crippen LogP contribution in [0.15, 0.2) is 0 Å². The maximum absolute atomic E-state index is 8.85. The van der Waals surface area contributed by atoms with Crippen molar-refractivity contribution in [3.8, 4) is 0 Å². The van der Waals surface area contributed by atoms with Crippen molar-refractivity contribution in [2.24, 2.45) is 0 Å². The zero-order chi connectivity index (χ0) is 7.78. The lowest BCUT2D eigenvalue weighted by Gasteiger charge is -2.17. The molecule has 0 aromatic heterocycles. The molecule has 0 aromatic rings. The second-order valence-corrected chi connectivity index (χ2v) is 3.18. The van der Waals surface area contributed by atoms with Gasteiger partial charge in [-0.2, -0.15) is 0 Å². The molecule has 1 rings (SSSR count). The van der Waals surface area contributed by atoms with Gasteiger partial charge < -0.3 is 14.7 Å². The molecule has 1 saturated heterocycles. The van der Waals surface area contributed by atoms with Gasteiger partial charge in [-0.05, 0) is 19.1 Å². The van der Waals surface area contributed by atoms with Crippen LogP contribution in [0.3, 0.4) is 0 Å². The van der Waals surface area contributed by atoms with Crippen molar-refractivity contribution < 1.29 is 9.84 Å². The van der Waals surface area contributed by atoms with Gasteiger partial charge in [-0.3, -0.25) is 0 Å². The van der Waals surface area contributed by atoms with E-state index in [2.05, 4.69) is 0 Å². The van der Waals surface area contributed by atoms with E-state index in [0.717, 1.165) is 0 Å². The minimum Gasteiger partial charge on any atom is -0.460 e. The van der Waals surface area contributed by atoms with Gasteiger partial charge in [-0.15, -0.1) is 0 Å². The molecular weight excluding hydrogens is 150 g/mol. The zero-order valence-electron chi connectivity index (χ0n) is 6.13. The summed E-state index contributed by atoms with van der Waals surface area (Å²) in [4.78, 5) is 1.81. The quantitative estimate of drug-likeness (QED) is 0.548. The SMILES string of the molecule is CN1CC(C)(CO)OC1=S. The molecule has 1 fully saturated rings. The molecule has 0 aromatic carbocycles. The van der Waals surface area contributed by atoms with Gasteiger partial charge in [-0.25, -0.2) is 0 Å². The molecule has 1 N–H and O–H groups in total. The molecule has 0 bridgehead atoms. The van der Waals surface area contributed by atoms with Crippen LogP contribution in [-0.4, -0.2) is 41.0 Å². The van der Waals surface area contributed by atoms with Gasteiger partial charge in [0, 0.05) is 7.05 Å². The second kappa shape index (κ2) is 2.36. The van der Waals surface area contributed by atoms with Crippen LogP contribution in [0.2, 0.25) is 0 Å². The topological polar surface area (TPSA) is 32.7 Å². The first-order valence-corrected chi connectivity index (χ1v) is 3.53. The molecule has 0 saturated carbocycles. The first-order chi connectivity index (χ1) is 4.57. The molecule has 10 heavy (non-hydrogen) atoms. The molecule has 3 nitrogen and oxygen atoms in total. The minimum atomic E-state index is -0.480. The molecule has 0 spiro atoms. The second-order valence-electron chi connectivity index (χ2n) is 2.83. The maximum atomic E-state index is 8.85. The highest BCUT2D eigenvalue weighted by Gasteiger charge is 2.36. The number of likely N-dealkylation sites (N-methyl/N-ethyl adjacent to an activating group) is 1. The Kier molecular flexibility index (Phi) is 1.83. The summed E-state index contributed by atoms with van der Waals surface area (Å²) in [5.74, 6) is 0. The predicted molar refractivity (Wildman–Crippen MR) is 41.8 cm³/mol. The van der Waals surface area contributed by atoms with Gasteiger partial charge in [0.25, 0.3) is 5.17 Å². The summed E-state index contributed by atoms with van der Waals surface area (Å²) in [6.07, 6.45) is 0. The lowest BCUT2D eigenvalue weighted by molar-refractivity contribution is 0.0438. The third-order valence-corrected chi connectivity index (χ3v) is 1.95. The van der Waals surface area contributed by atoms with Crippen molar-refractivity contribution in [3.05, 3.63) is 0 Å². The number of thiocarbonyl (C=S) groups is 1. The fourth-order valence-corrected chi connectivity index (χ4v) is 1.24. The van der Waals surface area contributed by atoms with E-state index in [9.17, 15) is 0 Å². The minimum absolute atomic E-state index is 0.0114. The van der Waals surface area contributed by atoms with Crippen LogP contribution in [0.1, 0.15) is 6.92 Å². The Morgan fingerprint density at radius 2 is 2.50 bits per heavy atom. The van der Waals surface area contributed by atoms with Crippen LogP contribution >= 0.6 is 12.2 Å². The molecule has 58 valence electrons. The van der Waals surface area contributed by atoms with Crippen molar-refractivity contribution in [1.29, 1.82) is 0 Å². The van der Waals surface area contributed by atoms with E-state index in [4.69, 9.17) is 22.1 Å². The van der Waals surface area contributed by atoms with E-state index < -0.39 is 5.60 Å². The van der Waals surface area contributed by atoms with E-state index in [-0.39, 0.29) is 6.61 Å². The number of aliphatic hydroxyl groups is 1. The first kappa shape index (κ1) is 7.75. The van der Waals surface area contributed by atoms with Crippen LogP contribution in [0.5, 0.6) is 0 Å². The van der Waals surface area contributed by atoms with Gasteiger partial charge in [0.15, 0.2) is 0 Å². The molecule has 0 aliphatic carbocycles. The smallest absolute Gasteiger partial charge is 0.259 e. The summed E-state index contributed by atoms with van der Waals surface area (Å²) in [5.41, 5.74) is -0.480. The van der Waals surface area contributed by atoms with Crippen molar-refractivity contribution in [2.45, 2.75) is 12.5 Å². The van der Waals surface area contributed by atoms with Crippen LogP contribution in [0.25, 0.3) is 0 Å². The Morgan fingerprint density at radius 1 is 1.90 bits per heavy atom. The normalized spacial score (nSPS) is 32.7. The Labute approximate surface area is 65.6 Å². The summed E-state index contributed by atoms with van der Waals surface area (Å²) in [5, 5.41) is 9.32. The molecule has 1 aliphatic rings. The van der Waals surface area contributed by atoms with E-state index >= 15 is 0 Å². The molecule has 1 aliphatic heterocycles. The van der Waals surface area contributed by atoms with Gasteiger partial charge >= 0.3 is 0 Å². The Hall–Kier alpha value is -0.350. The Bertz CT molecular complexity index is 162. The summed E-state index contributed by atoms with van der Waals surface area (Å²) in [6, 6.07) is 0. The molecule has 0 radical (unpaired) electrons. The molecule has 1 unspecified atom stereocenters. The van der Waals surface area contributed by atoms with Crippen LogP contribution in [-0.2, 0) is 4.74 Å². The molecule has 0 amide bonds. The Morgan fingerprint density at radius 3 is 2.70 bits per heavy atom. The van der Waals surface area contributed by atoms with Crippen molar-refractivity contribution in [1.82, 2.24) is 4.90 Å². The lowest BCUT2D eigenvalue weighted by atomic mass is 10.1. The van der Waals surface area contributed by atoms with E-state index in [1.807, 2.05) is 18.9 Å². The highest BCUT2D eigenvalue weighted by Crippen LogP contribution is 2.19. The van der Waals surface area contributed by atoms with Crippen molar-refractivity contribution in [2.75, 3.05) is 20.2 Å². The van der Waals surface area contributed by atoms with Gasteiger partial charge in [0.05, 0.1) is 13.2 Å². The molecule has 1 heterocycles. The number of hydrogen-bond acceptors (Lipinski definition) is 3. The van der Waals surface area contributed by atoms with Crippen LogP contribution in [0.4, 0.5) is 0 Å². The van der Waals surface area contributed by atoms with E-state index in [1.165, 1.54) is 0 Å². The van der Waals surface area contributed by atoms with E-state index in [1.54, 1.807) is 0 Å². The van der Waals surface area contributed by atoms with Crippen molar-refractivity contribution in [3.63, 3.8) is 0 Å². The van der Waals surface area contributed by atoms with Gasteiger partial charge in [-0.1, -0.05) is 0 Å². The number of aliphatic hydroxyl groups excluding tert-OH is 1. The predicted octanol–water partition coefficient (Wildman–Crippen LogP) is -0.0157. The number of nitrogens with zero attached hydrogens (tertiary/aromatic N) is 1. The molecule has 4 heteroatoms. The third kappa shape index (κ3) is 1.22. The average Bonchev–Trinajstić information content (AvgIpc) is 2.10. The summed E-state index contributed by atoms with van der Waals surface area (Å²) < 4.78 is 5.22. The first-order valence-electron chi connectivity index (χ1n) is 3.12. The lowest BCUT2D eigenvalue weighted by Crippen LogP contribution is -2.33. The summed E-state index contributed by atoms with van der Waals surface area (Å²) >= 11 is 4.85. The fraction of sp³-hybridized carbons (Fsp3) is 0.833. The standard InChI is InChI=1S/C6H11NO2S/c1-6(4-8)3-7(2)5(10)9-6/h8H,3-4H2,1-2H3. The summed E-state index contributed by atoms with van der Waals surface area (Å²) in [6.45, 7) is 2.52. The third-order valence-electron chi connectivity index (χ3n) is 1.55.